The molecule has 3 aromatic carbocycles. The van der Waals surface area contributed by atoms with Gasteiger partial charge in [-0.1, -0.05) is 50.2 Å². The van der Waals surface area contributed by atoms with E-state index >= 15 is 0 Å². The van der Waals surface area contributed by atoms with Crippen LogP contribution in [0, 0.1) is 27.3 Å². The maximum atomic E-state index is 12.5. The first-order valence-corrected chi connectivity index (χ1v) is 36.7. The topological polar surface area (TPSA) is 535 Å². The van der Waals surface area contributed by atoms with Crippen molar-refractivity contribution in [3.05, 3.63) is 227 Å². The molecule has 6 aromatic rings. The molecular formula is C75H87N13O27. The minimum atomic E-state index is -1.28. The molecule has 40 nitrogen and oxygen atoms in total. The zero-order valence-corrected chi connectivity index (χ0v) is 62.9. The van der Waals surface area contributed by atoms with Crippen LogP contribution in [0.2, 0.25) is 0 Å². The standard InChI is InChI=1S/C21H23N3O7.C20H21N3O8.C13H21N3O5.C11H8N2O2.C10H14N2O5/c1-3-14-15(25)16(20(31-14)24-10-11(2)17(26)22-21(24)29)30-9-8-23-18(27)12-6-4-5-7-13(12)19(23)28;1-10-8-23(20(29)21-16(10)26)19-15(14(25)13(9-24)31-19)30-7-6-22-17(27)11-4-2-3-5-12(11)18(22)28;1-3-8-9(17)10(20-5-4-14)12(21-8)16-6-7(2)11(18)15-13(16)19;1-12-6-7-13-10(14)8-4-2-3-5-9(8)11(13)15;1-4-2-12-9-7(6(14)5(3-13)16-9)17-10(12)11-8(4)15/h4-7,10,14-16,20,25H,3,8-9H2,1-2H3,(H,22,26,29);2-5,8,13-15,19,24-25H,6-7,9H2,1H3,(H,21,26,29);6,8-10,12,17H,3-5,14H2,1-2H3,(H,15,18,19);2-5H,6-7H2;2,5-7,9-10,13-14H,3H2,1H3,(H,11,15)/t14-,15?,16?,20-;13-,14?,15?,19-;8-,9?,10?,12-;;5-,6?,7?,9-,10?/m111.1/s1. The van der Waals surface area contributed by atoms with E-state index in [1.54, 1.807) is 105 Å². The average molecular weight is 1600 g/mol. The number of H-pyrrole nitrogens is 3. The van der Waals surface area contributed by atoms with Crippen LogP contribution in [0.3, 0.4) is 0 Å². The molecule has 5 saturated heterocycles. The Labute approximate surface area is 652 Å². The molecule has 0 bridgehead atoms. The highest BCUT2D eigenvalue weighted by Crippen LogP contribution is 2.38. The molecule has 0 saturated carbocycles. The first kappa shape index (κ1) is 84.9. The number of carbonyl (C=O) groups excluding carboxylic acids is 7. The summed E-state index contributed by atoms with van der Waals surface area (Å²) in [4.78, 5) is 171. The third-order valence-corrected chi connectivity index (χ3v) is 20.2. The number of hydrogen-bond acceptors (Lipinski definition) is 29. The second kappa shape index (κ2) is 36.7. The number of hydrogen-bond donors (Lipinski definition) is 11. The summed E-state index contributed by atoms with van der Waals surface area (Å²) in [6.07, 6.45) is -7.20. The molecule has 7 amide bonds. The second-order valence-corrected chi connectivity index (χ2v) is 27.6. The summed E-state index contributed by atoms with van der Waals surface area (Å²) in [5.74, 6) is -2.46. The lowest BCUT2D eigenvalue weighted by Gasteiger charge is -2.31. The summed E-state index contributed by atoms with van der Waals surface area (Å²) >= 11 is 0. The Morgan fingerprint density at radius 1 is 0.452 bits per heavy atom. The fraction of sp³-hybridized carbons (Fsp3) is 0.467. The number of rotatable bonds is 20. The van der Waals surface area contributed by atoms with Gasteiger partial charge < -0.3 is 89.3 Å². The molecule has 12 heterocycles. The number of aromatic nitrogens is 6. The molecule has 17 atom stereocenters. The number of nitrogens with one attached hydrogen (secondary N) is 4. The molecule has 0 spiro atoms. The SMILES string of the molecule is CC1=CN2C(NC1=O)OC1C(O)[C@@H](CO)O[C@H]12.CC[C@H]1O[C@@H](n2cc(C)c(=O)[nH]c2=O)C(OCCN)C1O.CC[C@H]1O[C@@H](n2cc(C)c(=O)[nH]c2=O)C(OCCN2C(=O)c3ccccc3C2=O)C1O.Cc1cn([C@@H]2O[C@H](CO)C(O)C2OCCN2C(=O)c3ccccc3C2=O)c(=O)[nH]c1=O.[C-]#[N+]CCN1C(=O)c2ccccc2C1=O. The zero-order chi connectivity index (χ0) is 83.1. The highest BCUT2D eigenvalue weighted by Gasteiger charge is 2.56. The Hall–Kier alpha value is -11.0. The number of aryl methyl sites for hydroxylation is 3. The van der Waals surface area contributed by atoms with Gasteiger partial charge in [-0.25, -0.2) is 21.0 Å². The minimum absolute atomic E-state index is 0.0153. The number of carbonyl (C=O) groups is 7. The van der Waals surface area contributed by atoms with Crippen molar-refractivity contribution in [1.82, 2.24) is 53.6 Å². The van der Waals surface area contributed by atoms with Crippen molar-refractivity contribution in [2.45, 2.75) is 159 Å². The number of benzene rings is 3. The van der Waals surface area contributed by atoms with Gasteiger partial charge >= 0.3 is 17.1 Å². The maximum Gasteiger partial charge on any atom is 0.330 e. The van der Waals surface area contributed by atoms with Crippen molar-refractivity contribution < 1.29 is 102 Å². The van der Waals surface area contributed by atoms with E-state index in [1.165, 1.54) is 34.6 Å². The van der Waals surface area contributed by atoms with Crippen LogP contribution in [0.5, 0.6) is 0 Å². The summed E-state index contributed by atoms with van der Waals surface area (Å²) < 4.78 is 48.7. The largest absolute Gasteiger partial charge is 0.394 e. The fourth-order valence-corrected chi connectivity index (χ4v) is 14.1. The van der Waals surface area contributed by atoms with Gasteiger partial charge in [0.1, 0.15) is 67.6 Å². The van der Waals surface area contributed by atoms with E-state index in [9.17, 15) is 87.9 Å². The molecule has 9 aliphatic heterocycles. The van der Waals surface area contributed by atoms with Gasteiger partial charge in [-0.15, -0.1) is 0 Å². The monoisotopic (exact) mass is 1600 g/mol. The van der Waals surface area contributed by atoms with E-state index in [-0.39, 0.29) is 75.9 Å². The molecular weight excluding hydrogens is 1510 g/mol. The van der Waals surface area contributed by atoms with Gasteiger partial charge in [0.2, 0.25) is 12.9 Å². The lowest BCUT2D eigenvalue weighted by atomic mass is 10.1. The third kappa shape index (κ3) is 17.4. The summed E-state index contributed by atoms with van der Waals surface area (Å²) in [6.45, 7) is 16.5. The summed E-state index contributed by atoms with van der Waals surface area (Å²) in [5.41, 5.74) is 5.54. The van der Waals surface area contributed by atoms with Crippen LogP contribution >= 0.6 is 0 Å². The van der Waals surface area contributed by atoms with Crippen LogP contribution < -0.4 is 44.8 Å². The highest BCUT2D eigenvalue weighted by molar-refractivity contribution is 6.22. The van der Waals surface area contributed by atoms with E-state index in [4.69, 9.17) is 55.3 Å². The van der Waals surface area contributed by atoms with Gasteiger partial charge in [0.15, 0.2) is 24.9 Å². The predicted octanol–water partition coefficient (Wildman–Crippen LogP) is -2.89. The van der Waals surface area contributed by atoms with Crippen LogP contribution in [0.1, 0.15) is 131 Å². The zero-order valence-electron chi connectivity index (χ0n) is 62.9. The normalized spacial score (nSPS) is 27.3. The van der Waals surface area contributed by atoms with E-state index < -0.39 is 168 Å². The fourth-order valence-electron chi connectivity index (χ4n) is 14.1. The van der Waals surface area contributed by atoms with E-state index in [0.717, 1.165) is 19.3 Å². The molecule has 5 fully saturated rings. The molecule has 15 rings (SSSR count). The van der Waals surface area contributed by atoms with Crippen molar-refractivity contribution in [3.8, 4) is 0 Å². The average Bonchev–Trinajstić information content (AvgIpc) is 1.61. The molecule has 9 aliphatic rings. The van der Waals surface area contributed by atoms with Crippen LogP contribution in [-0.2, 0) is 42.7 Å². The molecule has 12 N–H and O–H groups in total. The number of ether oxygens (including phenoxy) is 8. The van der Waals surface area contributed by atoms with Crippen molar-refractivity contribution in [2.75, 3.05) is 65.8 Å². The minimum Gasteiger partial charge on any atom is -0.394 e. The summed E-state index contributed by atoms with van der Waals surface area (Å²) in [7, 11) is 0. The van der Waals surface area contributed by atoms with E-state index in [2.05, 4.69) is 25.1 Å². The number of aromatic amines is 3. The van der Waals surface area contributed by atoms with Crippen molar-refractivity contribution in [3.63, 3.8) is 0 Å². The van der Waals surface area contributed by atoms with Crippen molar-refractivity contribution in [1.29, 1.82) is 0 Å². The number of fused-ring (bicyclic) bond motifs is 6. The first-order valence-electron chi connectivity index (χ1n) is 36.7. The van der Waals surface area contributed by atoms with Gasteiger partial charge in [-0.05, 0) is 76.9 Å². The molecule has 614 valence electrons. The molecule has 115 heavy (non-hydrogen) atoms. The van der Waals surface area contributed by atoms with Gasteiger partial charge in [0.25, 0.3) is 58.0 Å². The quantitative estimate of drug-likeness (QED) is 0.0270. The number of aliphatic hydroxyl groups is 6. The Kier molecular flexibility index (Phi) is 27.1. The second-order valence-electron chi connectivity index (χ2n) is 27.6. The van der Waals surface area contributed by atoms with Crippen molar-refractivity contribution in [2.24, 2.45) is 5.73 Å². The highest BCUT2D eigenvalue weighted by atomic mass is 16.6. The Balaban J connectivity index is 0.000000146. The van der Waals surface area contributed by atoms with E-state index in [1.807, 2.05) is 13.8 Å². The molecule has 0 radical (unpaired) electrons. The van der Waals surface area contributed by atoms with Crippen LogP contribution in [0.4, 0.5) is 0 Å². The van der Waals surface area contributed by atoms with Crippen LogP contribution in [0.15, 0.2) is 132 Å². The lowest BCUT2D eigenvalue weighted by molar-refractivity contribution is -0.134. The van der Waals surface area contributed by atoms with Gasteiger partial charge in [0.05, 0.1) is 91.7 Å². The summed E-state index contributed by atoms with van der Waals surface area (Å²) in [5, 5.41) is 62.4. The van der Waals surface area contributed by atoms with E-state index in [0.29, 0.717) is 69.5 Å². The first-order chi connectivity index (χ1) is 55.0. The number of aliphatic hydroxyl groups excluding tert-OH is 6. The van der Waals surface area contributed by atoms with Crippen LogP contribution in [-0.4, -0.2) is 272 Å². The molecule has 3 aromatic heterocycles. The van der Waals surface area contributed by atoms with Gasteiger partial charge in [0, 0.05) is 53.6 Å². The Morgan fingerprint density at radius 2 is 0.774 bits per heavy atom. The maximum absolute atomic E-state index is 12.5. The number of nitrogens with two attached hydrogens (primary N) is 1. The predicted molar refractivity (Wildman–Crippen MR) is 395 cm³/mol. The number of amides is 7. The molecule has 9 unspecified atom stereocenters. The van der Waals surface area contributed by atoms with Crippen LogP contribution in [0.25, 0.3) is 4.85 Å². The molecule has 0 aliphatic carbocycles. The number of imide groups is 3. The summed E-state index contributed by atoms with van der Waals surface area (Å²) in [6, 6.07) is 19.8. The molecule has 40 heteroatoms. The van der Waals surface area contributed by atoms with Gasteiger partial charge in [-0.3, -0.25) is 91.3 Å². The Bertz CT molecular complexity index is 4840. The van der Waals surface area contributed by atoms with Gasteiger partial charge in [-0.2, -0.15) is 0 Å². The number of nitrogens with zero attached hydrogens (tertiary/aromatic N) is 8. The van der Waals surface area contributed by atoms with Crippen molar-refractivity contribution >= 4 is 41.4 Å². The smallest absolute Gasteiger partial charge is 0.330 e. The lowest BCUT2D eigenvalue weighted by Crippen LogP contribution is -2.50. The third-order valence-electron chi connectivity index (χ3n) is 20.2. The Morgan fingerprint density at radius 3 is 1.11 bits per heavy atom.